The zero-order chi connectivity index (χ0) is 33.6. The van der Waals surface area contributed by atoms with Crippen LogP contribution in [0.4, 0.5) is 0 Å². The number of nitrogens with zero attached hydrogens (tertiary/aromatic N) is 2. The molecular weight excluding hydrogens is 621 g/mol. The molecule has 0 spiro atoms. The molecule has 0 N–H and O–H groups in total. The number of aromatic nitrogens is 2. The third kappa shape index (κ3) is 4.06. The second-order valence-corrected chi connectivity index (χ2v) is 13.5. The molecule has 3 heterocycles. The van der Waals surface area contributed by atoms with E-state index in [0.717, 1.165) is 49.4 Å². The Labute approximate surface area is 292 Å². The van der Waals surface area contributed by atoms with E-state index in [1.54, 1.807) is 0 Å². The zero-order valence-electron chi connectivity index (χ0n) is 27.5. The van der Waals surface area contributed by atoms with Crippen molar-refractivity contribution in [1.29, 1.82) is 0 Å². The van der Waals surface area contributed by atoms with Crippen LogP contribution in [0, 0.1) is 0 Å². The van der Waals surface area contributed by atoms with Crippen molar-refractivity contribution in [3.63, 3.8) is 0 Å². The predicted octanol–water partition coefficient (Wildman–Crippen LogP) is 12.1. The number of hydrogen-bond acceptors (Lipinski definition) is 2. The van der Waals surface area contributed by atoms with Gasteiger partial charge >= 0.3 is 0 Å². The van der Waals surface area contributed by atoms with E-state index in [9.17, 15) is 4.79 Å². The van der Waals surface area contributed by atoms with Crippen molar-refractivity contribution in [2.45, 2.75) is 0 Å². The van der Waals surface area contributed by atoms with Gasteiger partial charge in [-0.25, -0.2) is 0 Å². The minimum absolute atomic E-state index is 0.00585. The first-order valence-electron chi connectivity index (χ1n) is 17.3. The number of fused-ring (bicyclic) bond motifs is 11. The van der Waals surface area contributed by atoms with Crippen LogP contribution >= 0.6 is 0 Å². The van der Waals surface area contributed by atoms with Gasteiger partial charge in [0.05, 0.1) is 16.6 Å². The van der Waals surface area contributed by atoms with E-state index in [1.165, 1.54) is 49.0 Å². The highest BCUT2D eigenvalue weighted by molar-refractivity contribution is 6.26. The summed E-state index contributed by atoms with van der Waals surface area (Å²) in [6, 6.07) is 58.2. The molecule has 0 aliphatic heterocycles. The van der Waals surface area contributed by atoms with Gasteiger partial charge in [0.25, 0.3) is 5.56 Å². The average Bonchev–Trinajstić information content (AvgIpc) is 3.54. The summed E-state index contributed by atoms with van der Waals surface area (Å²) < 4.78 is 1.85. The molecular formula is C48H28N2O. The van der Waals surface area contributed by atoms with Gasteiger partial charge in [0.15, 0.2) is 0 Å². The maximum Gasteiger partial charge on any atom is 0.263 e. The molecule has 0 unspecified atom stereocenters. The van der Waals surface area contributed by atoms with Crippen LogP contribution in [0.15, 0.2) is 175 Å². The lowest BCUT2D eigenvalue weighted by atomic mass is 9.91. The fraction of sp³-hybridized carbons (Fsp3) is 0. The van der Waals surface area contributed by atoms with Crippen LogP contribution in [0.2, 0.25) is 0 Å². The summed E-state index contributed by atoms with van der Waals surface area (Å²) in [7, 11) is 0. The molecule has 3 heteroatoms. The van der Waals surface area contributed by atoms with Gasteiger partial charge in [0.1, 0.15) is 0 Å². The summed E-state index contributed by atoms with van der Waals surface area (Å²) in [5.41, 5.74) is 9.58. The molecule has 0 saturated carbocycles. The Balaban J connectivity index is 1.03. The fourth-order valence-corrected chi connectivity index (χ4v) is 8.39. The van der Waals surface area contributed by atoms with Gasteiger partial charge in [-0.2, -0.15) is 0 Å². The Morgan fingerprint density at radius 3 is 1.43 bits per heavy atom. The highest BCUT2D eigenvalue weighted by Crippen LogP contribution is 2.39. The number of benzene rings is 8. The topological polar surface area (TPSA) is 34.4 Å². The van der Waals surface area contributed by atoms with Gasteiger partial charge in [-0.15, -0.1) is 0 Å². The van der Waals surface area contributed by atoms with Gasteiger partial charge in [0, 0.05) is 27.7 Å². The molecule has 0 radical (unpaired) electrons. The van der Waals surface area contributed by atoms with Crippen molar-refractivity contribution in [3.8, 4) is 33.4 Å². The molecule has 3 aromatic heterocycles. The monoisotopic (exact) mass is 648 g/mol. The lowest BCUT2D eigenvalue weighted by molar-refractivity contribution is 1.20. The quantitative estimate of drug-likeness (QED) is 0.179. The molecule has 0 atom stereocenters. The Bertz CT molecular complexity index is 3250. The van der Waals surface area contributed by atoms with Crippen LogP contribution < -0.4 is 5.56 Å². The Morgan fingerprint density at radius 2 is 0.824 bits per heavy atom. The highest BCUT2D eigenvalue weighted by atomic mass is 16.1. The summed E-state index contributed by atoms with van der Waals surface area (Å²) in [4.78, 5) is 18.5. The first kappa shape index (κ1) is 28.0. The van der Waals surface area contributed by atoms with Crippen molar-refractivity contribution in [2.24, 2.45) is 0 Å². The third-order valence-electron chi connectivity index (χ3n) is 10.8. The summed E-state index contributed by atoms with van der Waals surface area (Å²) in [6.07, 6.45) is 1.86. The van der Waals surface area contributed by atoms with E-state index in [2.05, 4.69) is 133 Å². The Kier molecular flexibility index (Phi) is 5.82. The van der Waals surface area contributed by atoms with Gasteiger partial charge in [-0.1, -0.05) is 121 Å². The summed E-state index contributed by atoms with van der Waals surface area (Å²) in [5, 5.41) is 11.4. The molecule has 236 valence electrons. The molecule has 0 aliphatic rings. The third-order valence-corrected chi connectivity index (χ3v) is 10.8. The van der Waals surface area contributed by atoms with E-state index in [1.807, 2.05) is 40.9 Å². The van der Waals surface area contributed by atoms with E-state index >= 15 is 0 Å². The molecule has 0 fully saturated rings. The van der Waals surface area contributed by atoms with Crippen LogP contribution in [0.3, 0.4) is 0 Å². The minimum atomic E-state index is -0.00585. The molecule has 0 saturated heterocycles. The highest BCUT2D eigenvalue weighted by Gasteiger charge is 2.18. The molecule has 0 bridgehead atoms. The lowest BCUT2D eigenvalue weighted by Crippen LogP contribution is -2.13. The largest absolute Gasteiger partial charge is 0.273 e. The first-order chi connectivity index (χ1) is 25.2. The van der Waals surface area contributed by atoms with Crippen LogP contribution in [0.1, 0.15) is 0 Å². The zero-order valence-corrected chi connectivity index (χ0v) is 27.5. The van der Waals surface area contributed by atoms with Gasteiger partial charge < -0.3 is 0 Å². The molecule has 11 rings (SSSR count). The molecule has 3 nitrogen and oxygen atoms in total. The second kappa shape index (κ2) is 10.6. The van der Waals surface area contributed by atoms with Crippen molar-refractivity contribution in [3.05, 3.63) is 180 Å². The molecule has 0 aliphatic carbocycles. The Morgan fingerprint density at radius 1 is 0.353 bits per heavy atom. The lowest BCUT2D eigenvalue weighted by Gasteiger charge is -2.13. The average molecular weight is 649 g/mol. The number of hydrogen-bond donors (Lipinski definition) is 0. The van der Waals surface area contributed by atoms with E-state index in [4.69, 9.17) is 4.98 Å². The van der Waals surface area contributed by atoms with E-state index in [0.29, 0.717) is 5.39 Å². The Hall–Kier alpha value is -6.84. The summed E-state index contributed by atoms with van der Waals surface area (Å²) >= 11 is 0. The van der Waals surface area contributed by atoms with Gasteiger partial charge in [-0.3, -0.25) is 14.2 Å². The van der Waals surface area contributed by atoms with Gasteiger partial charge in [-0.05, 0) is 108 Å². The van der Waals surface area contributed by atoms with Gasteiger partial charge in [0.2, 0.25) is 0 Å². The molecule has 0 amide bonds. The standard InChI is InChI=1S/C48H28N2O/c51-48-42-18-6-5-17-40(42)46-47-41(23-24-49-46)44-28-34(20-22-45(44)50(47)48)32-12-8-10-30(26-32)29-9-7-11-31(25-29)33-19-21-39-37-15-2-1-13-35(37)36-14-3-4-16-38(36)43(39)27-33/h1-28H. The number of pyridine rings is 2. The maximum absolute atomic E-state index is 13.8. The van der Waals surface area contributed by atoms with E-state index < -0.39 is 0 Å². The minimum Gasteiger partial charge on any atom is -0.273 e. The van der Waals surface area contributed by atoms with Crippen LogP contribution in [0.5, 0.6) is 0 Å². The fourth-order valence-electron chi connectivity index (χ4n) is 8.39. The van der Waals surface area contributed by atoms with Crippen molar-refractivity contribution >= 4 is 70.4 Å². The SMILES string of the molecule is O=c1c2ccccc2c2nccc3c4cc(-c5cccc(-c6cccc(-c7ccc8c9ccccc9c9ccccc9c8c7)c6)c5)ccc4n1c32. The van der Waals surface area contributed by atoms with Crippen molar-refractivity contribution < 1.29 is 0 Å². The normalized spacial score (nSPS) is 12.0. The molecule has 51 heavy (non-hydrogen) atoms. The summed E-state index contributed by atoms with van der Waals surface area (Å²) in [6.45, 7) is 0. The van der Waals surface area contributed by atoms with Crippen LogP contribution in [0.25, 0.3) is 104 Å². The van der Waals surface area contributed by atoms with E-state index in [-0.39, 0.29) is 5.56 Å². The maximum atomic E-state index is 13.8. The van der Waals surface area contributed by atoms with Crippen molar-refractivity contribution in [1.82, 2.24) is 9.38 Å². The number of rotatable bonds is 3. The van der Waals surface area contributed by atoms with Crippen LogP contribution in [-0.4, -0.2) is 9.38 Å². The van der Waals surface area contributed by atoms with Crippen molar-refractivity contribution in [2.75, 3.05) is 0 Å². The van der Waals surface area contributed by atoms with Crippen LogP contribution in [-0.2, 0) is 0 Å². The smallest absolute Gasteiger partial charge is 0.263 e. The predicted molar refractivity (Wildman–Crippen MR) is 214 cm³/mol. The second-order valence-electron chi connectivity index (χ2n) is 13.5. The first-order valence-corrected chi connectivity index (χ1v) is 17.3. The summed E-state index contributed by atoms with van der Waals surface area (Å²) in [5.74, 6) is 0. The molecule has 11 aromatic rings. The molecule has 8 aromatic carbocycles.